The first-order valence-electron chi connectivity index (χ1n) is 2.99. The molecule has 3 heteroatoms. The van der Waals surface area contributed by atoms with E-state index < -0.39 is 6.23 Å². The molecule has 0 radical (unpaired) electrons. The molecule has 4 N–H and O–H groups in total. The minimum atomic E-state index is -0.616. The van der Waals surface area contributed by atoms with Gasteiger partial charge < -0.3 is 10.8 Å². The van der Waals surface area contributed by atoms with Gasteiger partial charge in [-0.05, 0) is 26.1 Å². The highest BCUT2D eigenvalue weighted by Crippen LogP contribution is 1.82. The van der Waals surface area contributed by atoms with Crippen LogP contribution in [0.25, 0.3) is 0 Å². The first-order valence-corrected chi connectivity index (χ1v) is 2.99. The summed E-state index contributed by atoms with van der Waals surface area (Å²) < 4.78 is 0. The second kappa shape index (κ2) is 4.35. The molecule has 0 rings (SSSR count). The van der Waals surface area contributed by atoms with Crippen LogP contribution in [0.3, 0.4) is 0 Å². The average Bonchev–Trinajstić information content (AvgIpc) is 1.63. The number of nitrogens with two attached hydrogens (primary N) is 1. The molecule has 0 aromatic rings. The normalized spacial score (nSPS) is 15.1. The van der Waals surface area contributed by atoms with Crippen molar-refractivity contribution in [2.75, 3.05) is 0 Å². The highest BCUT2D eigenvalue weighted by Gasteiger charge is 1.97. The third-order valence-electron chi connectivity index (χ3n) is 0.797. The van der Waals surface area contributed by atoms with Gasteiger partial charge in [0.2, 0.25) is 0 Å². The molecule has 0 aliphatic rings. The summed E-state index contributed by atoms with van der Waals surface area (Å²) in [6, 6.07) is 0.274. The van der Waals surface area contributed by atoms with E-state index in [1.165, 1.54) is 12.3 Å². The van der Waals surface area contributed by atoms with Crippen LogP contribution in [0.1, 0.15) is 13.8 Å². The van der Waals surface area contributed by atoms with Crippen molar-refractivity contribution in [3.8, 4) is 0 Å². The van der Waals surface area contributed by atoms with Crippen molar-refractivity contribution in [2.24, 2.45) is 5.73 Å². The first kappa shape index (κ1) is 8.46. The summed E-state index contributed by atoms with van der Waals surface area (Å²) in [7, 11) is 0. The lowest BCUT2D eigenvalue weighted by Crippen LogP contribution is -2.32. The van der Waals surface area contributed by atoms with E-state index >= 15 is 0 Å². The lowest BCUT2D eigenvalue weighted by atomic mass is 10.4. The van der Waals surface area contributed by atoms with Crippen molar-refractivity contribution in [3.05, 3.63) is 12.3 Å². The van der Waals surface area contributed by atoms with E-state index in [0.29, 0.717) is 0 Å². The van der Waals surface area contributed by atoms with Crippen LogP contribution >= 0.6 is 0 Å². The lowest BCUT2D eigenvalue weighted by Gasteiger charge is -2.10. The Kier molecular flexibility index (Phi) is 4.09. The Bertz CT molecular complexity index is 91.1. The first-order chi connectivity index (χ1) is 4.16. The highest BCUT2D eigenvalue weighted by atomic mass is 16.3. The van der Waals surface area contributed by atoms with Gasteiger partial charge in [-0.2, -0.15) is 0 Å². The minimum absolute atomic E-state index is 0.274. The molecule has 1 atom stereocenters. The quantitative estimate of drug-likeness (QED) is 0.463. The van der Waals surface area contributed by atoms with Gasteiger partial charge in [0.15, 0.2) is 0 Å². The van der Waals surface area contributed by atoms with Crippen LogP contribution < -0.4 is 11.1 Å². The zero-order chi connectivity index (χ0) is 7.28. The van der Waals surface area contributed by atoms with Crippen molar-refractivity contribution < 1.29 is 5.11 Å². The van der Waals surface area contributed by atoms with Crippen LogP contribution in [0.15, 0.2) is 12.3 Å². The molecule has 0 aromatic carbocycles. The molecular formula is C6H14N2O. The second-order valence-corrected chi connectivity index (χ2v) is 2.15. The molecule has 0 saturated heterocycles. The third-order valence-corrected chi connectivity index (χ3v) is 0.797. The summed E-state index contributed by atoms with van der Waals surface area (Å²) >= 11 is 0. The number of hydrogen-bond acceptors (Lipinski definition) is 3. The van der Waals surface area contributed by atoms with Crippen molar-refractivity contribution in [2.45, 2.75) is 26.1 Å². The van der Waals surface area contributed by atoms with E-state index in [1.807, 2.05) is 13.8 Å². The fourth-order valence-corrected chi connectivity index (χ4v) is 0.502. The topological polar surface area (TPSA) is 58.3 Å². The molecule has 3 nitrogen and oxygen atoms in total. The molecule has 0 aromatic heterocycles. The average molecular weight is 130 g/mol. The molecule has 0 fully saturated rings. The van der Waals surface area contributed by atoms with E-state index in [9.17, 15) is 0 Å². The monoisotopic (exact) mass is 130 g/mol. The molecule has 1 unspecified atom stereocenters. The minimum Gasteiger partial charge on any atom is -0.405 e. The zero-order valence-electron chi connectivity index (χ0n) is 5.83. The van der Waals surface area contributed by atoms with Gasteiger partial charge >= 0.3 is 0 Å². The number of hydrogen-bond donors (Lipinski definition) is 3. The molecule has 0 aliphatic heterocycles. The van der Waals surface area contributed by atoms with Crippen LogP contribution in [0.2, 0.25) is 0 Å². The summed E-state index contributed by atoms with van der Waals surface area (Å²) in [5, 5.41) is 11.8. The molecule has 0 saturated carbocycles. The molecular weight excluding hydrogens is 116 g/mol. The van der Waals surface area contributed by atoms with Gasteiger partial charge in [-0.25, -0.2) is 0 Å². The van der Waals surface area contributed by atoms with Gasteiger partial charge in [-0.3, -0.25) is 5.32 Å². The summed E-state index contributed by atoms with van der Waals surface area (Å²) in [5.41, 5.74) is 5.02. The van der Waals surface area contributed by atoms with Crippen LogP contribution in [-0.2, 0) is 0 Å². The molecule has 9 heavy (non-hydrogen) atoms. The molecule has 0 amide bonds. The molecule has 54 valence electrons. The maximum absolute atomic E-state index is 8.94. The van der Waals surface area contributed by atoms with Crippen molar-refractivity contribution in [3.63, 3.8) is 0 Å². The molecule has 0 heterocycles. The van der Waals surface area contributed by atoms with E-state index in [2.05, 4.69) is 5.32 Å². The van der Waals surface area contributed by atoms with Crippen LogP contribution in [0, 0.1) is 0 Å². The Balaban J connectivity index is 3.38. The number of rotatable bonds is 3. The second-order valence-electron chi connectivity index (χ2n) is 2.15. The number of aliphatic hydroxyl groups is 1. The largest absolute Gasteiger partial charge is 0.405 e. The standard InChI is InChI=1S/C6H14N2O/c1-5(2)8-6(9)3-4-7/h3-6,8-9H,7H2,1-2H3. The lowest BCUT2D eigenvalue weighted by molar-refractivity contribution is 0.173. The van der Waals surface area contributed by atoms with Gasteiger partial charge in [-0.15, -0.1) is 0 Å². The predicted molar refractivity (Wildman–Crippen MR) is 37.6 cm³/mol. The fourth-order valence-electron chi connectivity index (χ4n) is 0.502. The maximum Gasteiger partial charge on any atom is 0.125 e. The predicted octanol–water partition coefficient (Wildman–Crippen LogP) is -0.225. The van der Waals surface area contributed by atoms with Crippen molar-refractivity contribution in [1.29, 1.82) is 0 Å². The van der Waals surface area contributed by atoms with Crippen molar-refractivity contribution >= 4 is 0 Å². The third kappa shape index (κ3) is 5.33. The zero-order valence-corrected chi connectivity index (χ0v) is 5.83. The van der Waals surface area contributed by atoms with Crippen LogP contribution in [0.4, 0.5) is 0 Å². The summed E-state index contributed by atoms with van der Waals surface area (Å²) in [5.74, 6) is 0. The Morgan fingerprint density at radius 1 is 1.56 bits per heavy atom. The smallest absolute Gasteiger partial charge is 0.125 e. The fraction of sp³-hybridized carbons (Fsp3) is 0.667. The van der Waals surface area contributed by atoms with Gasteiger partial charge in [0.05, 0.1) is 0 Å². The summed E-state index contributed by atoms with van der Waals surface area (Å²) in [6.45, 7) is 3.90. The number of nitrogens with one attached hydrogen (secondary N) is 1. The van der Waals surface area contributed by atoms with Gasteiger partial charge in [0, 0.05) is 6.04 Å². The van der Waals surface area contributed by atoms with Crippen LogP contribution in [-0.4, -0.2) is 17.4 Å². The van der Waals surface area contributed by atoms with Crippen LogP contribution in [0.5, 0.6) is 0 Å². The Morgan fingerprint density at radius 3 is 2.44 bits per heavy atom. The Labute approximate surface area is 55.6 Å². The van der Waals surface area contributed by atoms with E-state index in [4.69, 9.17) is 10.8 Å². The molecule has 0 bridgehead atoms. The van der Waals surface area contributed by atoms with Gasteiger partial charge in [-0.1, -0.05) is 0 Å². The van der Waals surface area contributed by atoms with E-state index in [1.54, 1.807) is 0 Å². The SMILES string of the molecule is CC(C)NC(O)C=CN. The van der Waals surface area contributed by atoms with Gasteiger partial charge in [0.25, 0.3) is 0 Å². The molecule has 0 spiro atoms. The van der Waals surface area contributed by atoms with E-state index in [0.717, 1.165) is 0 Å². The Hall–Kier alpha value is -0.540. The van der Waals surface area contributed by atoms with E-state index in [-0.39, 0.29) is 6.04 Å². The highest BCUT2D eigenvalue weighted by molar-refractivity contribution is 4.83. The maximum atomic E-state index is 8.94. The molecule has 0 aliphatic carbocycles. The summed E-state index contributed by atoms with van der Waals surface area (Å²) in [6.07, 6.45) is 2.19. The number of aliphatic hydroxyl groups excluding tert-OH is 1. The van der Waals surface area contributed by atoms with Crippen molar-refractivity contribution in [1.82, 2.24) is 5.32 Å². The summed E-state index contributed by atoms with van der Waals surface area (Å²) in [4.78, 5) is 0. The van der Waals surface area contributed by atoms with Gasteiger partial charge in [0.1, 0.15) is 6.23 Å². The Morgan fingerprint density at radius 2 is 2.11 bits per heavy atom.